The Labute approximate surface area is 109 Å². The minimum absolute atomic E-state index is 0.0172. The first-order chi connectivity index (χ1) is 9.10. The second kappa shape index (κ2) is 5.49. The van der Waals surface area contributed by atoms with Crippen LogP contribution in [0.2, 0.25) is 0 Å². The lowest BCUT2D eigenvalue weighted by molar-refractivity contribution is 0.305. The predicted octanol–water partition coefficient (Wildman–Crippen LogP) is 3.72. The molecule has 19 heavy (non-hydrogen) atoms. The largest absolute Gasteiger partial charge is 0.489 e. The van der Waals surface area contributed by atoms with E-state index in [1.165, 1.54) is 24.3 Å². The van der Waals surface area contributed by atoms with E-state index in [-0.39, 0.29) is 18.0 Å². The fourth-order valence-electron chi connectivity index (χ4n) is 1.62. The van der Waals surface area contributed by atoms with E-state index < -0.39 is 5.82 Å². The third-order valence-corrected chi connectivity index (χ3v) is 2.69. The number of halogens is 2. The Kier molecular flexibility index (Phi) is 3.76. The van der Waals surface area contributed by atoms with Gasteiger partial charge in [0.05, 0.1) is 5.56 Å². The third-order valence-electron chi connectivity index (χ3n) is 2.69. The maximum Gasteiger partial charge on any atom is 0.140 e. The van der Waals surface area contributed by atoms with Gasteiger partial charge in [-0.25, -0.2) is 8.78 Å². The zero-order valence-corrected chi connectivity index (χ0v) is 10.3. The van der Waals surface area contributed by atoms with Crippen molar-refractivity contribution in [3.63, 3.8) is 0 Å². The Bertz CT molecular complexity index is 647. The molecule has 0 fully saturated rings. The van der Waals surface area contributed by atoms with Gasteiger partial charge in [-0.1, -0.05) is 6.07 Å². The van der Waals surface area contributed by atoms with Gasteiger partial charge >= 0.3 is 0 Å². The first-order valence-corrected chi connectivity index (χ1v) is 5.67. The Morgan fingerprint density at radius 3 is 2.53 bits per heavy atom. The first kappa shape index (κ1) is 13.0. The molecular formula is C15H11F2NO. The van der Waals surface area contributed by atoms with Crippen LogP contribution >= 0.6 is 0 Å². The molecule has 0 aromatic heterocycles. The summed E-state index contributed by atoms with van der Waals surface area (Å²) < 4.78 is 31.7. The molecule has 0 radical (unpaired) electrons. The topological polar surface area (TPSA) is 33.0 Å². The van der Waals surface area contributed by atoms with Crippen molar-refractivity contribution >= 4 is 0 Å². The number of aryl methyl sites for hydroxylation is 1. The summed E-state index contributed by atoms with van der Waals surface area (Å²) in [4.78, 5) is 0. The highest BCUT2D eigenvalue weighted by atomic mass is 19.1. The molecule has 0 atom stereocenters. The molecule has 0 saturated heterocycles. The molecule has 2 aromatic carbocycles. The normalized spacial score (nSPS) is 10.0. The van der Waals surface area contributed by atoms with Crippen molar-refractivity contribution in [1.82, 2.24) is 0 Å². The molecule has 96 valence electrons. The Morgan fingerprint density at radius 1 is 1.11 bits per heavy atom. The van der Waals surface area contributed by atoms with Crippen molar-refractivity contribution in [2.75, 3.05) is 0 Å². The van der Waals surface area contributed by atoms with Gasteiger partial charge in [0.1, 0.15) is 30.1 Å². The lowest BCUT2D eigenvalue weighted by Gasteiger charge is -2.08. The molecule has 0 aliphatic carbocycles. The lowest BCUT2D eigenvalue weighted by atomic mass is 10.1. The SMILES string of the molecule is Cc1cc(OCc2ccc(F)c(C#N)c2)ccc1F. The average Bonchev–Trinajstić information content (AvgIpc) is 2.41. The maximum atomic E-state index is 13.1. The summed E-state index contributed by atoms with van der Waals surface area (Å²) in [5, 5.41) is 8.72. The zero-order chi connectivity index (χ0) is 13.8. The maximum absolute atomic E-state index is 13.1. The average molecular weight is 259 g/mol. The lowest BCUT2D eigenvalue weighted by Crippen LogP contribution is -1.97. The second-order valence-corrected chi connectivity index (χ2v) is 4.13. The van der Waals surface area contributed by atoms with Gasteiger partial charge in [-0.3, -0.25) is 0 Å². The van der Waals surface area contributed by atoms with E-state index in [9.17, 15) is 8.78 Å². The Morgan fingerprint density at radius 2 is 1.84 bits per heavy atom. The molecule has 2 aromatic rings. The number of hydrogen-bond donors (Lipinski definition) is 0. The van der Waals surface area contributed by atoms with Crippen molar-refractivity contribution in [2.24, 2.45) is 0 Å². The fourth-order valence-corrected chi connectivity index (χ4v) is 1.62. The van der Waals surface area contributed by atoms with Crippen LogP contribution < -0.4 is 4.74 Å². The van der Waals surface area contributed by atoms with Crippen LogP contribution in [0.4, 0.5) is 8.78 Å². The second-order valence-electron chi connectivity index (χ2n) is 4.13. The van der Waals surface area contributed by atoms with Crippen LogP contribution in [-0.2, 0) is 6.61 Å². The van der Waals surface area contributed by atoms with Crippen LogP contribution in [0.15, 0.2) is 36.4 Å². The number of ether oxygens (including phenoxy) is 1. The van der Waals surface area contributed by atoms with Crippen molar-refractivity contribution < 1.29 is 13.5 Å². The molecule has 0 bridgehead atoms. The Balaban J connectivity index is 2.10. The van der Waals surface area contributed by atoms with Crippen LogP contribution in [0.1, 0.15) is 16.7 Å². The van der Waals surface area contributed by atoms with E-state index in [1.54, 1.807) is 25.1 Å². The standard InChI is InChI=1S/C15H11F2NO/c1-10-6-13(3-5-14(10)16)19-9-11-2-4-15(17)12(7-11)8-18/h2-7H,9H2,1H3. The molecule has 0 aliphatic heterocycles. The van der Waals surface area contributed by atoms with Gasteiger partial charge in [-0.15, -0.1) is 0 Å². The van der Waals surface area contributed by atoms with Gasteiger partial charge in [-0.05, 0) is 48.4 Å². The summed E-state index contributed by atoms with van der Waals surface area (Å²) in [5.41, 5.74) is 1.16. The highest BCUT2D eigenvalue weighted by molar-refractivity contribution is 5.35. The number of benzene rings is 2. The number of hydrogen-bond acceptors (Lipinski definition) is 2. The quantitative estimate of drug-likeness (QED) is 0.841. The zero-order valence-electron chi connectivity index (χ0n) is 10.3. The molecule has 0 heterocycles. The summed E-state index contributed by atoms with van der Waals surface area (Å²) in [5.74, 6) is -0.313. The third kappa shape index (κ3) is 3.08. The van der Waals surface area contributed by atoms with E-state index in [0.717, 1.165) is 0 Å². The van der Waals surface area contributed by atoms with Crippen molar-refractivity contribution in [3.05, 3.63) is 64.7 Å². The van der Waals surface area contributed by atoms with E-state index in [0.29, 0.717) is 16.9 Å². The summed E-state index contributed by atoms with van der Waals surface area (Å²) in [6.45, 7) is 1.84. The smallest absolute Gasteiger partial charge is 0.140 e. The molecule has 0 aliphatic rings. The molecule has 4 heteroatoms. The van der Waals surface area contributed by atoms with Crippen LogP contribution in [0.5, 0.6) is 5.75 Å². The molecule has 0 unspecified atom stereocenters. The van der Waals surface area contributed by atoms with E-state index in [4.69, 9.17) is 10.00 Å². The molecule has 0 amide bonds. The molecule has 2 nitrogen and oxygen atoms in total. The van der Waals surface area contributed by atoms with Gasteiger partial charge < -0.3 is 4.74 Å². The van der Waals surface area contributed by atoms with Crippen LogP contribution in [0, 0.1) is 29.9 Å². The number of nitriles is 1. The van der Waals surface area contributed by atoms with E-state index in [2.05, 4.69) is 0 Å². The highest BCUT2D eigenvalue weighted by Crippen LogP contribution is 2.18. The number of rotatable bonds is 3. The van der Waals surface area contributed by atoms with Gasteiger partial charge in [0.15, 0.2) is 0 Å². The summed E-state index contributed by atoms with van der Waals surface area (Å²) in [6, 6.07) is 10.4. The van der Waals surface area contributed by atoms with E-state index in [1.807, 2.05) is 0 Å². The van der Waals surface area contributed by atoms with Crippen LogP contribution in [-0.4, -0.2) is 0 Å². The van der Waals surface area contributed by atoms with Crippen molar-refractivity contribution in [2.45, 2.75) is 13.5 Å². The van der Waals surface area contributed by atoms with E-state index >= 15 is 0 Å². The molecular weight excluding hydrogens is 248 g/mol. The fraction of sp³-hybridized carbons (Fsp3) is 0.133. The molecule has 0 N–H and O–H groups in total. The van der Waals surface area contributed by atoms with Crippen LogP contribution in [0.25, 0.3) is 0 Å². The summed E-state index contributed by atoms with van der Waals surface area (Å²) in [7, 11) is 0. The highest BCUT2D eigenvalue weighted by Gasteiger charge is 2.04. The predicted molar refractivity (Wildman–Crippen MR) is 66.6 cm³/mol. The summed E-state index contributed by atoms with van der Waals surface area (Å²) >= 11 is 0. The minimum Gasteiger partial charge on any atom is -0.489 e. The van der Waals surface area contributed by atoms with Crippen LogP contribution in [0.3, 0.4) is 0 Å². The van der Waals surface area contributed by atoms with Gasteiger partial charge in [0.25, 0.3) is 0 Å². The summed E-state index contributed by atoms with van der Waals surface area (Å²) in [6.07, 6.45) is 0. The van der Waals surface area contributed by atoms with Crippen molar-refractivity contribution in [3.8, 4) is 11.8 Å². The van der Waals surface area contributed by atoms with Gasteiger partial charge in [0, 0.05) is 0 Å². The minimum atomic E-state index is -0.552. The molecule has 0 spiro atoms. The Hall–Kier alpha value is -2.41. The van der Waals surface area contributed by atoms with Crippen molar-refractivity contribution in [1.29, 1.82) is 5.26 Å². The molecule has 2 rings (SSSR count). The monoisotopic (exact) mass is 259 g/mol. The molecule has 0 saturated carbocycles. The first-order valence-electron chi connectivity index (χ1n) is 5.67. The number of nitrogens with zero attached hydrogens (tertiary/aromatic N) is 1. The van der Waals surface area contributed by atoms with Gasteiger partial charge in [-0.2, -0.15) is 5.26 Å². The van der Waals surface area contributed by atoms with Gasteiger partial charge in [0.2, 0.25) is 0 Å².